The van der Waals surface area contributed by atoms with Crippen molar-refractivity contribution in [3.8, 4) is 5.69 Å². The smallest absolute Gasteiger partial charge is 0.227 e. The summed E-state index contributed by atoms with van der Waals surface area (Å²) >= 11 is 1.61. The number of amides is 1. The molecule has 0 aliphatic carbocycles. The lowest BCUT2D eigenvalue weighted by atomic mass is 10.2. The minimum Gasteiger partial charge on any atom is -0.344 e. The summed E-state index contributed by atoms with van der Waals surface area (Å²) in [6.45, 7) is 2.98. The monoisotopic (exact) mass is 404 g/mol. The Morgan fingerprint density at radius 1 is 1.03 bits per heavy atom. The molecule has 4 heterocycles. The van der Waals surface area contributed by atoms with Gasteiger partial charge in [-0.1, -0.05) is 29.5 Å². The number of hydrogen-bond donors (Lipinski definition) is 0. The number of thiazole rings is 1. The molecule has 1 saturated heterocycles. The van der Waals surface area contributed by atoms with E-state index >= 15 is 0 Å². The molecule has 0 radical (unpaired) electrons. The minimum absolute atomic E-state index is 0.142. The highest BCUT2D eigenvalue weighted by Crippen LogP contribution is 2.27. The van der Waals surface area contributed by atoms with Gasteiger partial charge in [0.2, 0.25) is 5.91 Å². The first-order valence-corrected chi connectivity index (χ1v) is 10.4. The molecule has 0 bridgehead atoms. The maximum Gasteiger partial charge on any atom is 0.227 e. The molecule has 0 N–H and O–H groups in total. The zero-order valence-electron chi connectivity index (χ0n) is 15.8. The summed E-state index contributed by atoms with van der Waals surface area (Å²) in [7, 11) is 0. The Balaban J connectivity index is 1.20. The second-order valence-corrected chi connectivity index (χ2v) is 7.95. The molecule has 0 atom stereocenters. The van der Waals surface area contributed by atoms with Crippen molar-refractivity contribution in [2.24, 2.45) is 0 Å². The molecule has 7 nitrogen and oxygen atoms in total. The van der Waals surface area contributed by atoms with Gasteiger partial charge in [0.15, 0.2) is 5.13 Å². The largest absolute Gasteiger partial charge is 0.344 e. The summed E-state index contributed by atoms with van der Waals surface area (Å²) in [5, 5.41) is 5.36. The van der Waals surface area contributed by atoms with Crippen molar-refractivity contribution in [2.45, 2.75) is 6.42 Å². The zero-order chi connectivity index (χ0) is 19.6. The van der Waals surface area contributed by atoms with Crippen LogP contribution in [0, 0.1) is 0 Å². The number of hydrogen-bond acceptors (Lipinski definition) is 6. The van der Waals surface area contributed by atoms with Crippen molar-refractivity contribution in [3.63, 3.8) is 0 Å². The topological polar surface area (TPSA) is 67.2 Å². The van der Waals surface area contributed by atoms with Gasteiger partial charge in [-0.05, 0) is 29.8 Å². The molecule has 146 valence electrons. The second-order valence-electron chi connectivity index (χ2n) is 7.00. The van der Waals surface area contributed by atoms with Crippen LogP contribution >= 0.6 is 11.3 Å². The number of piperazine rings is 1. The Hall–Kier alpha value is -3.26. The highest BCUT2D eigenvalue weighted by Gasteiger charge is 2.23. The van der Waals surface area contributed by atoms with Crippen LogP contribution in [-0.2, 0) is 11.2 Å². The molecule has 0 spiro atoms. The molecule has 1 amide bonds. The molecule has 1 aliphatic rings. The number of anilines is 1. The second kappa shape index (κ2) is 7.63. The predicted molar refractivity (Wildman–Crippen MR) is 113 cm³/mol. The van der Waals surface area contributed by atoms with E-state index in [2.05, 4.69) is 20.0 Å². The summed E-state index contributed by atoms with van der Waals surface area (Å²) < 4.78 is 1.81. The number of benzene rings is 1. The van der Waals surface area contributed by atoms with Gasteiger partial charge in [-0.15, -0.1) is 0 Å². The SMILES string of the molecule is O=C(Cc1cnn(-c2ccccc2)c1)N1CCN(c2nc3cccnc3s2)CC1. The summed E-state index contributed by atoms with van der Waals surface area (Å²) in [5.74, 6) is 0.142. The van der Waals surface area contributed by atoms with E-state index in [-0.39, 0.29) is 5.91 Å². The standard InChI is InChI=1S/C21H20N6OS/c28-19(13-16-14-23-27(15-16)17-5-2-1-3-6-17)25-9-11-26(12-10-25)21-24-18-7-4-8-22-20(18)29-21/h1-8,14-15H,9-13H2. The van der Waals surface area contributed by atoms with Gasteiger partial charge in [-0.3, -0.25) is 4.79 Å². The first kappa shape index (κ1) is 17.8. The number of aromatic nitrogens is 4. The fraction of sp³-hybridized carbons (Fsp3) is 0.238. The molecule has 29 heavy (non-hydrogen) atoms. The fourth-order valence-electron chi connectivity index (χ4n) is 3.50. The number of fused-ring (bicyclic) bond motifs is 1. The zero-order valence-corrected chi connectivity index (χ0v) is 16.6. The van der Waals surface area contributed by atoms with Crippen LogP contribution in [0.15, 0.2) is 61.1 Å². The fourth-order valence-corrected chi connectivity index (χ4v) is 4.46. The summed E-state index contributed by atoms with van der Waals surface area (Å²) in [6, 6.07) is 13.8. The molecule has 5 rings (SSSR count). The lowest BCUT2D eigenvalue weighted by Gasteiger charge is -2.34. The Bertz CT molecular complexity index is 1100. The van der Waals surface area contributed by atoms with Gasteiger partial charge in [0, 0.05) is 38.6 Å². The first-order valence-electron chi connectivity index (χ1n) is 9.59. The van der Waals surface area contributed by atoms with Crippen LogP contribution in [0.2, 0.25) is 0 Å². The first-order chi connectivity index (χ1) is 14.3. The molecule has 0 saturated carbocycles. The average Bonchev–Trinajstić information content (AvgIpc) is 3.41. The number of para-hydroxylation sites is 1. The molecule has 1 aliphatic heterocycles. The van der Waals surface area contributed by atoms with E-state index < -0.39 is 0 Å². The van der Waals surface area contributed by atoms with E-state index in [1.54, 1.807) is 23.7 Å². The summed E-state index contributed by atoms with van der Waals surface area (Å²) in [4.78, 5) is 26.9. The van der Waals surface area contributed by atoms with Gasteiger partial charge >= 0.3 is 0 Å². The predicted octanol–water partition coefficient (Wildman–Crippen LogP) is 2.77. The number of rotatable bonds is 4. The summed E-state index contributed by atoms with van der Waals surface area (Å²) in [6.07, 6.45) is 5.87. The quantitative estimate of drug-likeness (QED) is 0.523. The Labute approximate surface area is 172 Å². The Morgan fingerprint density at radius 2 is 1.86 bits per heavy atom. The molecule has 3 aromatic heterocycles. The van der Waals surface area contributed by atoms with Crippen LogP contribution in [-0.4, -0.2) is 56.7 Å². The molecule has 4 aromatic rings. The Kier molecular flexibility index (Phi) is 4.69. The third-order valence-corrected chi connectivity index (χ3v) is 6.11. The maximum absolute atomic E-state index is 12.7. The lowest BCUT2D eigenvalue weighted by molar-refractivity contribution is -0.130. The van der Waals surface area contributed by atoms with Gasteiger partial charge < -0.3 is 9.80 Å². The molecule has 0 unspecified atom stereocenters. The van der Waals surface area contributed by atoms with Crippen molar-refractivity contribution in [1.29, 1.82) is 0 Å². The Morgan fingerprint density at radius 3 is 2.66 bits per heavy atom. The van der Waals surface area contributed by atoms with Gasteiger partial charge in [0.05, 0.1) is 18.3 Å². The number of nitrogens with zero attached hydrogens (tertiary/aromatic N) is 6. The van der Waals surface area contributed by atoms with E-state index in [0.29, 0.717) is 19.5 Å². The highest BCUT2D eigenvalue weighted by molar-refractivity contribution is 7.21. The van der Waals surface area contributed by atoms with Gasteiger partial charge in [-0.2, -0.15) is 5.10 Å². The number of carbonyl (C=O) groups excluding carboxylic acids is 1. The lowest BCUT2D eigenvalue weighted by Crippen LogP contribution is -2.49. The van der Waals surface area contributed by atoms with Crippen molar-refractivity contribution in [3.05, 3.63) is 66.6 Å². The van der Waals surface area contributed by atoms with Crippen LogP contribution < -0.4 is 4.90 Å². The van der Waals surface area contributed by atoms with Crippen LogP contribution in [0.1, 0.15) is 5.56 Å². The maximum atomic E-state index is 12.7. The molecular weight excluding hydrogens is 384 g/mol. The van der Waals surface area contributed by atoms with Crippen molar-refractivity contribution < 1.29 is 4.79 Å². The van der Waals surface area contributed by atoms with Crippen molar-refractivity contribution in [1.82, 2.24) is 24.6 Å². The van der Waals surface area contributed by atoms with E-state index in [4.69, 9.17) is 0 Å². The number of carbonyl (C=O) groups is 1. The molecule has 1 fully saturated rings. The third-order valence-electron chi connectivity index (χ3n) is 5.07. The molecule has 8 heteroatoms. The van der Waals surface area contributed by atoms with E-state index in [0.717, 1.165) is 39.8 Å². The minimum atomic E-state index is 0.142. The molecule has 1 aromatic carbocycles. The average molecular weight is 404 g/mol. The normalized spacial score (nSPS) is 14.5. The highest BCUT2D eigenvalue weighted by atomic mass is 32.1. The van der Waals surface area contributed by atoms with Crippen molar-refractivity contribution in [2.75, 3.05) is 31.1 Å². The molecular formula is C21H20N6OS. The van der Waals surface area contributed by atoms with Gasteiger partial charge in [-0.25, -0.2) is 14.6 Å². The van der Waals surface area contributed by atoms with Crippen LogP contribution in [0.4, 0.5) is 5.13 Å². The van der Waals surface area contributed by atoms with E-state index in [9.17, 15) is 4.79 Å². The van der Waals surface area contributed by atoms with E-state index in [1.807, 2.05) is 58.2 Å². The van der Waals surface area contributed by atoms with Crippen LogP contribution in [0.3, 0.4) is 0 Å². The van der Waals surface area contributed by atoms with E-state index in [1.165, 1.54) is 0 Å². The third kappa shape index (κ3) is 3.71. The van der Waals surface area contributed by atoms with Gasteiger partial charge in [0.1, 0.15) is 10.3 Å². The van der Waals surface area contributed by atoms with Gasteiger partial charge in [0.25, 0.3) is 0 Å². The van der Waals surface area contributed by atoms with Crippen molar-refractivity contribution >= 4 is 32.7 Å². The number of pyridine rings is 1. The van der Waals surface area contributed by atoms with Crippen LogP contribution in [0.5, 0.6) is 0 Å². The summed E-state index contributed by atoms with van der Waals surface area (Å²) in [5.41, 5.74) is 2.85. The van der Waals surface area contributed by atoms with Crippen LogP contribution in [0.25, 0.3) is 16.0 Å².